The van der Waals surface area contributed by atoms with E-state index >= 15 is 0 Å². The lowest BCUT2D eigenvalue weighted by Crippen LogP contribution is -2.27. The number of Topliss-reactive ketones (excluding diaryl/α,β-unsaturated/α-hetero) is 1. The minimum Gasteiger partial charge on any atom is -0.457 e. The number of nitrogens with one attached hydrogen (secondary N) is 1. The van der Waals surface area contributed by atoms with Gasteiger partial charge in [0.05, 0.1) is 15.6 Å². The van der Waals surface area contributed by atoms with Crippen molar-refractivity contribution >= 4 is 52.2 Å². The van der Waals surface area contributed by atoms with E-state index in [-0.39, 0.29) is 31.3 Å². The van der Waals surface area contributed by atoms with Gasteiger partial charge in [0.15, 0.2) is 6.61 Å². The Kier molecular flexibility index (Phi) is 6.78. The molecule has 1 aromatic carbocycles. The van der Waals surface area contributed by atoms with Crippen LogP contribution in [0.2, 0.25) is 9.36 Å². The Labute approximate surface area is 152 Å². The number of benzene rings is 1. The third kappa shape index (κ3) is 5.63. The van der Waals surface area contributed by atoms with E-state index in [1.807, 2.05) is 0 Å². The average Bonchev–Trinajstić information content (AvgIpc) is 2.99. The lowest BCUT2D eigenvalue weighted by Gasteiger charge is -2.06. The molecule has 1 N–H and O–H groups in total. The molecule has 2 aromatic rings. The van der Waals surface area contributed by atoms with Crippen LogP contribution in [0.25, 0.3) is 0 Å². The van der Waals surface area contributed by atoms with Crippen LogP contribution in [0.3, 0.4) is 0 Å². The molecular formula is C16H13Cl2NO4S. The number of carbonyl (C=O) groups excluding carboxylic acids is 3. The van der Waals surface area contributed by atoms with Gasteiger partial charge in [-0.25, -0.2) is 0 Å². The van der Waals surface area contributed by atoms with E-state index in [0.29, 0.717) is 19.8 Å². The molecule has 0 fully saturated rings. The highest BCUT2D eigenvalue weighted by atomic mass is 35.5. The first-order valence-electron chi connectivity index (χ1n) is 6.93. The summed E-state index contributed by atoms with van der Waals surface area (Å²) in [6.07, 6.45) is -0.0300. The smallest absolute Gasteiger partial charge is 0.308 e. The van der Waals surface area contributed by atoms with E-state index in [4.69, 9.17) is 27.9 Å². The molecule has 0 aliphatic rings. The molecular weight excluding hydrogens is 373 g/mol. The molecule has 0 saturated carbocycles. The molecule has 0 spiro atoms. The number of carbonyl (C=O) groups is 3. The van der Waals surface area contributed by atoms with Crippen molar-refractivity contribution in [2.24, 2.45) is 0 Å². The number of thiophene rings is 1. The first-order valence-corrected chi connectivity index (χ1v) is 8.51. The zero-order valence-corrected chi connectivity index (χ0v) is 14.7. The van der Waals surface area contributed by atoms with Gasteiger partial charge in [-0.3, -0.25) is 14.4 Å². The third-order valence-corrected chi connectivity index (χ3v) is 4.46. The highest BCUT2D eigenvalue weighted by Gasteiger charge is 2.12. The molecule has 0 saturated heterocycles. The van der Waals surface area contributed by atoms with Gasteiger partial charge in [0.1, 0.15) is 0 Å². The van der Waals surface area contributed by atoms with Crippen LogP contribution in [0.5, 0.6) is 0 Å². The number of rotatable bonds is 7. The van der Waals surface area contributed by atoms with Gasteiger partial charge in [0.2, 0.25) is 5.78 Å². The molecule has 1 aromatic heterocycles. The van der Waals surface area contributed by atoms with Crippen LogP contribution in [0.15, 0.2) is 36.4 Å². The number of ether oxygens (including phenoxy) is 1. The van der Waals surface area contributed by atoms with Gasteiger partial charge >= 0.3 is 5.97 Å². The van der Waals surface area contributed by atoms with Gasteiger partial charge < -0.3 is 10.1 Å². The van der Waals surface area contributed by atoms with Crippen LogP contribution in [-0.4, -0.2) is 30.8 Å². The summed E-state index contributed by atoms with van der Waals surface area (Å²) in [4.78, 5) is 35.6. The minimum absolute atomic E-state index is 0.0300. The summed E-state index contributed by atoms with van der Waals surface area (Å²) in [7, 11) is 0. The second kappa shape index (κ2) is 8.82. The zero-order chi connectivity index (χ0) is 17.5. The van der Waals surface area contributed by atoms with E-state index in [2.05, 4.69) is 5.32 Å². The maximum absolute atomic E-state index is 11.8. The Bertz CT molecular complexity index is 743. The van der Waals surface area contributed by atoms with Crippen molar-refractivity contribution in [2.45, 2.75) is 6.42 Å². The summed E-state index contributed by atoms with van der Waals surface area (Å²) in [6, 6.07) is 9.56. The quantitative estimate of drug-likeness (QED) is 0.583. The fourth-order valence-electron chi connectivity index (χ4n) is 1.73. The Morgan fingerprint density at radius 2 is 1.75 bits per heavy atom. The predicted molar refractivity (Wildman–Crippen MR) is 93.0 cm³/mol. The molecule has 0 unspecified atom stereocenters. The molecule has 8 heteroatoms. The van der Waals surface area contributed by atoms with Crippen molar-refractivity contribution in [3.63, 3.8) is 0 Å². The van der Waals surface area contributed by atoms with E-state index in [0.717, 1.165) is 11.3 Å². The number of halogens is 2. The van der Waals surface area contributed by atoms with Crippen molar-refractivity contribution in [2.75, 3.05) is 13.2 Å². The lowest BCUT2D eigenvalue weighted by molar-refractivity contribution is -0.142. The van der Waals surface area contributed by atoms with Crippen molar-refractivity contribution < 1.29 is 19.1 Å². The summed E-state index contributed by atoms with van der Waals surface area (Å²) in [5.74, 6) is -1.20. The summed E-state index contributed by atoms with van der Waals surface area (Å²) >= 11 is 12.6. The average molecular weight is 386 g/mol. The highest BCUT2D eigenvalue weighted by molar-refractivity contribution is 7.18. The molecule has 5 nitrogen and oxygen atoms in total. The van der Waals surface area contributed by atoms with Gasteiger partial charge in [-0.15, -0.1) is 11.3 Å². The molecule has 0 aliphatic carbocycles. The molecule has 0 bridgehead atoms. The minimum atomic E-state index is -0.567. The monoisotopic (exact) mass is 385 g/mol. The zero-order valence-electron chi connectivity index (χ0n) is 12.4. The molecule has 126 valence electrons. The van der Waals surface area contributed by atoms with Gasteiger partial charge in [-0.1, -0.05) is 23.2 Å². The second-order valence-corrected chi connectivity index (χ2v) is 6.85. The van der Waals surface area contributed by atoms with Crippen LogP contribution in [-0.2, 0) is 9.53 Å². The van der Waals surface area contributed by atoms with E-state index in [9.17, 15) is 14.4 Å². The van der Waals surface area contributed by atoms with E-state index in [1.165, 1.54) is 0 Å². The Balaban J connectivity index is 1.68. The van der Waals surface area contributed by atoms with Crippen LogP contribution in [0.1, 0.15) is 26.5 Å². The Morgan fingerprint density at radius 3 is 2.38 bits per heavy atom. The summed E-state index contributed by atoms with van der Waals surface area (Å²) in [5, 5.41) is 3.12. The molecule has 0 aliphatic heterocycles. The van der Waals surface area contributed by atoms with Crippen LogP contribution >= 0.6 is 34.5 Å². The summed E-state index contributed by atoms with van der Waals surface area (Å²) < 4.78 is 5.37. The number of hydrogen-bond acceptors (Lipinski definition) is 5. The number of hydrogen-bond donors (Lipinski definition) is 1. The van der Waals surface area contributed by atoms with Gasteiger partial charge in [-0.05, 0) is 36.4 Å². The third-order valence-electron chi connectivity index (χ3n) is 2.93. The molecule has 1 heterocycles. The molecule has 2 rings (SSSR count). The number of amides is 1. The van der Waals surface area contributed by atoms with Crippen molar-refractivity contribution in [3.8, 4) is 0 Å². The normalized spacial score (nSPS) is 10.2. The lowest BCUT2D eigenvalue weighted by atomic mass is 10.2. The fraction of sp³-hybridized carbons (Fsp3) is 0.188. The first-order chi connectivity index (χ1) is 11.5. The van der Waals surface area contributed by atoms with Crippen molar-refractivity contribution in [1.82, 2.24) is 5.32 Å². The van der Waals surface area contributed by atoms with E-state index in [1.54, 1.807) is 36.4 Å². The predicted octanol–water partition coefficient (Wildman–Crippen LogP) is 3.60. The number of esters is 1. The molecule has 0 atom stereocenters. The summed E-state index contributed by atoms with van der Waals surface area (Å²) in [6.45, 7) is -0.236. The Hall–Kier alpha value is -1.89. The first kappa shape index (κ1) is 18.4. The Morgan fingerprint density at radius 1 is 1.04 bits per heavy atom. The van der Waals surface area contributed by atoms with Crippen LogP contribution < -0.4 is 5.32 Å². The van der Waals surface area contributed by atoms with E-state index < -0.39 is 5.97 Å². The van der Waals surface area contributed by atoms with Gasteiger partial charge in [-0.2, -0.15) is 0 Å². The fourth-order valence-corrected chi connectivity index (χ4v) is 2.83. The topological polar surface area (TPSA) is 72.5 Å². The van der Waals surface area contributed by atoms with Crippen molar-refractivity contribution in [1.29, 1.82) is 0 Å². The molecule has 24 heavy (non-hydrogen) atoms. The number of ketones is 1. The largest absolute Gasteiger partial charge is 0.457 e. The van der Waals surface area contributed by atoms with Gasteiger partial charge in [0, 0.05) is 17.1 Å². The second-order valence-electron chi connectivity index (χ2n) is 4.70. The van der Waals surface area contributed by atoms with Crippen LogP contribution in [0, 0.1) is 0 Å². The molecule has 0 radical (unpaired) electrons. The van der Waals surface area contributed by atoms with Gasteiger partial charge in [0.25, 0.3) is 5.91 Å². The maximum Gasteiger partial charge on any atom is 0.308 e. The standard InChI is InChI=1S/C16H13Cl2NO4S/c17-11-3-1-10(2-4-11)16(22)19-8-7-15(21)23-9-12(20)13-5-6-14(18)24-13/h1-6H,7-9H2,(H,19,22). The van der Waals surface area contributed by atoms with Crippen molar-refractivity contribution in [3.05, 3.63) is 56.2 Å². The molecule has 1 amide bonds. The highest BCUT2D eigenvalue weighted by Crippen LogP contribution is 2.21. The summed E-state index contributed by atoms with van der Waals surface area (Å²) in [5.41, 5.74) is 0.442. The SMILES string of the molecule is O=C(CCNC(=O)c1ccc(Cl)cc1)OCC(=O)c1ccc(Cl)s1. The van der Waals surface area contributed by atoms with Crippen LogP contribution in [0.4, 0.5) is 0 Å². The maximum atomic E-state index is 11.8.